The fourth-order valence-corrected chi connectivity index (χ4v) is 2.56. The van der Waals surface area contributed by atoms with Crippen molar-refractivity contribution in [2.45, 2.75) is 19.3 Å². The fourth-order valence-electron chi connectivity index (χ4n) is 2.56. The number of fused-ring (bicyclic) bond motifs is 1. The van der Waals surface area contributed by atoms with E-state index in [0.717, 1.165) is 24.0 Å². The van der Waals surface area contributed by atoms with Crippen LogP contribution in [0.4, 0.5) is 4.39 Å². The summed E-state index contributed by atoms with van der Waals surface area (Å²) in [5.41, 5.74) is 2.09. The Kier molecular flexibility index (Phi) is 3.82. The normalized spacial score (nSPS) is 16.7. The molecule has 0 heterocycles. The van der Waals surface area contributed by atoms with Crippen LogP contribution < -0.4 is 0 Å². The van der Waals surface area contributed by atoms with Crippen molar-refractivity contribution in [3.8, 4) is 12.1 Å². The Balaban J connectivity index is 2.32. The highest BCUT2D eigenvalue weighted by atomic mass is 19.1. The van der Waals surface area contributed by atoms with Gasteiger partial charge in [0.25, 0.3) is 0 Å². The van der Waals surface area contributed by atoms with Crippen molar-refractivity contribution in [1.82, 2.24) is 0 Å². The Labute approximate surface area is 111 Å². The maximum absolute atomic E-state index is 13.1. The molecule has 0 radical (unpaired) electrons. The average Bonchev–Trinajstić information content (AvgIpc) is 2.44. The second kappa shape index (κ2) is 5.54. The lowest BCUT2D eigenvalue weighted by Gasteiger charge is -2.25. The Morgan fingerprint density at radius 3 is 2.68 bits per heavy atom. The van der Waals surface area contributed by atoms with E-state index in [1.54, 1.807) is 12.1 Å². The molecule has 2 rings (SSSR count). The molecule has 19 heavy (non-hydrogen) atoms. The summed E-state index contributed by atoms with van der Waals surface area (Å²) in [7, 11) is 1.48. The molecule has 0 bridgehead atoms. The summed E-state index contributed by atoms with van der Waals surface area (Å²) in [4.78, 5) is 0. The molecule has 3 nitrogen and oxygen atoms in total. The van der Waals surface area contributed by atoms with Crippen LogP contribution in [0, 0.1) is 34.4 Å². The van der Waals surface area contributed by atoms with Crippen LogP contribution in [0.3, 0.4) is 0 Å². The highest BCUT2D eigenvalue weighted by Crippen LogP contribution is 2.32. The van der Waals surface area contributed by atoms with Crippen molar-refractivity contribution < 1.29 is 9.13 Å². The molecular weight excluding hydrogens is 243 g/mol. The maximum Gasteiger partial charge on any atom is 0.167 e. The summed E-state index contributed by atoms with van der Waals surface area (Å²) < 4.78 is 18.4. The number of benzene rings is 1. The topological polar surface area (TPSA) is 56.8 Å². The first-order chi connectivity index (χ1) is 9.19. The molecule has 0 spiro atoms. The lowest BCUT2D eigenvalue weighted by molar-refractivity contribution is 0.229. The van der Waals surface area contributed by atoms with Gasteiger partial charge in [0.05, 0.1) is 7.11 Å². The van der Waals surface area contributed by atoms with E-state index in [2.05, 4.69) is 0 Å². The van der Waals surface area contributed by atoms with E-state index in [1.165, 1.54) is 13.2 Å². The van der Waals surface area contributed by atoms with Crippen molar-refractivity contribution in [3.05, 3.63) is 46.5 Å². The fraction of sp³-hybridized carbons (Fsp3) is 0.333. The highest BCUT2D eigenvalue weighted by Gasteiger charge is 2.25. The lowest BCUT2D eigenvalue weighted by Crippen LogP contribution is -2.18. The number of hydrogen-bond acceptors (Lipinski definition) is 3. The number of rotatable bonds is 2. The van der Waals surface area contributed by atoms with Gasteiger partial charge in [-0.3, -0.25) is 0 Å². The van der Waals surface area contributed by atoms with Gasteiger partial charge in [0.1, 0.15) is 23.7 Å². The average molecular weight is 256 g/mol. The summed E-state index contributed by atoms with van der Waals surface area (Å²) in [6.45, 7) is 0. The van der Waals surface area contributed by atoms with Gasteiger partial charge in [-0.15, -0.1) is 0 Å². The van der Waals surface area contributed by atoms with Gasteiger partial charge in [0.2, 0.25) is 0 Å². The molecule has 1 aromatic carbocycles. The zero-order chi connectivity index (χ0) is 13.8. The van der Waals surface area contributed by atoms with Crippen molar-refractivity contribution in [2.24, 2.45) is 5.92 Å². The van der Waals surface area contributed by atoms with E-state index < -0.39 is 0 Å². The van der Waals surface area contributed by atoms with Crippen LogP contribution in [0.1, 0.15) is 17.5 Å². The van der Waals surface area contributed by atoms with Crippen molar-refractivity contribution in [1.29, 1.82) is 10.5 Å². The van der Waals surface area contributed by atoms with Crippen LogP contribution in [-0.2, 0) is 17.6 Å². The van der Waals surface area contributed by atoms with Gasteiger partial charge in [0.15, 0.2) is 5.57 Å². The summed E-state index contributed by atoms with van der Waals surface area (Å²) in [6, 6.07) is 8.49. The number of aryl methyl sites for hydroxylation is 1. The van der Waals surface area contributed by atoms with E-state index in [9.17, 15) is 4.39 Å². The van der Waals surface area contributed by atoms with Gasteiger partial charge in [-0.25, -0.2) is 4.39 Å². The number of nitrogens with zero attached hydrogens (tertiary/aromatic N) is 2. The van der Waals surface area contributed by atoms with Gasteiger partial charge in [-0.2, -0.15) is 10.5 Å². The van der Waals surface area contributed by atoms with Crippen LogP contribution >= 0.6 is 0 Å². The number of ether oxygens (including phenoxy) is 1. The number of hydrogen-bond donors (Lipinski definition) is 0. The van der Waals surface area contributed by atoms with E-state index in [1.807, 2.05) is 12.1 Å². The van der Waals surface area contributed by atoms with Crippen molar-refractivity contribution >= 4 is 0 Å². The number of allylic oxidation sites excluding steroid dienone is 2. The SMILES string of the molecule is COC(=C(C#N)C#N)C1CCc2cc(F)ccc2C1. The molecule has 4 heteroatoms. The third kappa shape index (κ3) is 2.58. The van der Waals surface area contributed by atoms with Gasteiger partial charge < -0.3 is 4.74 Å². The van der Waals surface area contributed by atoms with Gasteiger partial charge in [-0.05, 0) is 42.5 Å². The summed E-state index contributed by atoms with van der Waals surface area (Å²) in [5.74, 6) is 0.228. The molecule has 0 aliphatic heterocycles. The summed E-state index contributed by atoms with van der Waals surface area (Å²) in [6.07, 6.45) is 2.16. The standard InChI is InChI=1S/C15H13FN2O/c1-19-15(13(8-17)9-18)12-3-2-11-7-14(16)5-4-10(11)6-12/h4-5,7,12H,2-3,6H2,1H3. The molecule has 1 aromatic rings. The molecule has 0 amide bonds. The number of methoxy groups -OCH3 is 1. The molecular formula is C15H13FN2O. The molecule has 1 aliphatic rings. The maximum atomic E-state index is 13.1. The second-order valence-corrected chi connectivity index (χ2v) is 4.52. The summed E-state index contributed by atoms with van der Waals surface area (Å²) >= 11 is 0. The molecule has 0 saturated heterocycles. The minimum absolute atomic E-state index is 0.0114. The van der Waals surface area contributed by atoms with Crippen LogP contribution in [-0.4, -0.2) is 7.11 Å². The van der Waals surface area contributed by atoms with Crippen LogP contribution in [0.2, 0.25) is 0 Å². The lowest BCUT2D eigenvalue weighted by atomic mass is 9.82. The smallest absolute Gasteiger partial charge is 0.167 e. The van der Waals surface area contributed by atoms with Crippen molar-refractivity contribution in [2.75, 3.05) is 7.11 Å². The monoisotopic (exact) mass is 256 g/mol. The van der Waals surface area contributed by atoms with Gasteiger partial charge in [0, 0.05) is 5.92 Å². The van der Waals surface area contributed by atoms with Crippen LogP contribution in [0.25, 0.3) is 0 Å². The molecule has 1 atom stereocenters. The predicted octanol–water partition coefficient (Wildman–Crippen LogP) is 2.88. The van der Waals surface area contributed by atoms with E-state index in [-0.39, 0.29) is 17.3 Å². The molecule has 0 fully saturated rings. The third-order valence-electron chi connectivity index (χ3n) is 3.46. The van der Waals surface area contributed by atoms with Crippen LogP contribution in [0.15, 0.2) is 29.5 Å². The Morgan fingerprint density at radius 1 is 1.32 bits per heavy atom. The van der Waals surface area contributed by atoms with E-state index >= 15 is 0 Å². The first-order valence-electron chi connectivity index (χ1n) is 6.05. The number of halogens is 1. The molecule has 1 aliphatic carbocycles. The van der Waals surface area contributed by atoms with Crippen molar-refractivity contribution in [3.63, 3.8) is 0 Å². The Hall–Kier alpha value is -2.33. The third-order valence-corrected chi connectivity index (χ3v) is 3.46. The second-order valence-electron chi connectivity index (χ2n) is 4.52. The minimum Gasteiger partial charge on any atom is -0.499 e. The minimum atomic E-state index is -0.227. The van der Waals surface area contributed by atoms with Crippen LogP contribution in [0.5, 0.6) is 0 Å². The molecule has 0 N–H and O–H groups in total. The molecule has 96 valence electrons. The van der Waals surface area contributed by atoms with E-state index in [4.69, 9.17) is 15.3 Å². The zero-order valence-corrected chi connectivity index (χ0v) is 10.6. The Bertz CT molecular complexity index is 592. The zero-order valence-electron chi connectivity index (χ0n) is 10.6. The molecule has 0 aromatic heterocycles. The van der Waals surface area contributed by atoms with Gasteiger partial charge in [-0.1, -0.05) is 6.07 Å². The predicted molar refractivity (Wildman–Crippen MR) is 67.2 cm³/mol. The highest BCUT2D eigenvalue weighted by molar-refractivity contribution is 5.40. The first kappa shape index (κ1) is 13.1. The van der Waals surface area contributed by atoms with E-state index in [0.29, 0.717) is 12.2 Å². The molecule has 1 unspecified atom stereocenters. The Morgan fingerprint density at radius 2 is 2.05 bits per heavy atom. The molecule has 0 saturated carbocycles. The number of nitriles is 2. The largest absolute Gasteiger partial charge is 0.499 e. The first-order valence-corrected chi connectivity index (χ1v) is 6.05. The summed E-state index contributed by atoms with van der Waals surface area (Å²) in [5, 5.41) is 17.9. The van der Waals surface area contributed by atoms with Gasteiger partial charge >= 0.3 is 0 Å². The quantitative estimate of drug-likeness (QED) is 0.604.